The van der Waals surface area contributed by atoms with E-state index in [1.807, 2.05) is 18.2 Å². The average molecular weight is 473 g/mol. The van der Waals surface area contributed by atoms with Crippen LogP contribution >= 0.6 is 0 Å². The van der Waals surface area contributed by atoms with Crippen LogP contribution in [0.3, 0.4) is 0 Å². The van der Waals surface area contributed by atoms with E-state index >= 15 is 0 Å². The number of nitriles is 1. The summed E-state index contributed by atoms with van der Waals surface area (Å²) in [5, 5.41) is 25.3. The van der Waals surface area contributed by atoms with Gasteiger partial charge in [-0.1, -0.05) is 11.2 Å². The van der Waals surface area contributed by atoms with Gasteiger partial charge in [0.25, 0.3) is 0 Å². The summed E-state index contributed by atoms with van der Waals surface area (Å²) in [5.41, 5.74) is 3.25. The molecule has 9 heteroatoms. The molecule has 2 aromatic carbocycles. The number of fused-ring (bicyclic) bond motifs is 2. The molecule has 0 radical (unpaired) electrons. The molecule has 0 unspecified atom stereocenters. The number of carboxylic acids is 1. The SMILES string of the molecule is Cc1nc(-c2ccc3c(c2)[C@]2(CCO3)C[C@H]2C(=O)Nc2cc(C#N)ccc2CCCC(=O)O)no1. The first-order chi connectivity index (χ1) is 16.9. The minimum absolute atomic E-state index is 0.0398. The molecule has 9 nitrogen and oxygen atoms in total. The molecule has 1 aromatic heterocycles. The summed E-state index contributed by atoms with van der Waals surface area (Å²) >= 11 is 0. The summed E-state index contributed by atoms with van der Waals surface area (Å²) in [5.74, 6) is 0.505. The summed E-state index contributed by atoms with van der Waals surface area (Å²) < 4.78 is 11.0. The second-order valence-corrected chi connectivity index (χ2v) is 9.08. The van der Waals surface area contributed by atoms with E-state index in [1.165, 1.54) is 0 Å². The van der Waals surface area contributed by atoms with Gasteiger partial charge in [-0.3, -0.25) is 9.59 Å². The number of benzene rings is 2. The van der Waals surface area contributed by atoms with Crippen LogP contribution in [0.1, 0.15) is 48.3 Å². The van der Waals surface area contributed by atoms with Gasteiger partial charge in [0.2, 0.25) is 17.6 Å². The maximum atomic E-state index is 13.4. The van der Waals surface area contributed by atoms with Crippen molar-refractivity contribution in [1.82, 2.24) is 10.1 Å². The molecule has 2 heterocycles. The monoisotopic (exact) mass is 472 g/mol. The van der Waals surface area contributed by atoms with Crippen LogP contribution in [0.25, 0.3) is 11.4 Å². The topological polar surface area (TPSA) is 138 Å². The van der Waals surface area contributed by atoms with Gasteiger partial charge < -0.3 is 19.7 Å². The number of rotatable bonds is 7. The van der Waals surface area contributed by atoms with E-state index in [0.29, 0.717) is 48.8 Å². The number of nitrogens with one attached hydrogen (secondary N) is 1. The fraction of sp³-hybridized carbons (Fsp3) is 0.346. The van der Waals surface area contributed by atoms with Crippen molar-refractivity contribution >= 4 is 17.6 Å². The molecule has 2 aliphatic rings. The van der Waals surface area contributed by atoms with Gasteiger partial charge in [0.1, 0.15) is 5.75 Å². The largest absolute Gasteiger partial charge is 0.493 e. The Morgan fingerprint density at radius 1 is 1.29 bits per heavy atom. The molecular formula is C26H24N4O5. The standard InChI is InChI=1S/C26H24N4O5/c1-15-28-24(30-35-15)18-7-8-22-19(12-18)26(9-10-34-22)13-20(26)25(33)29-21-11-16(14-27)5-6-17(21)3-2-4-23(31)32/h5-8,11-12,20H,2-4,9-10,13H2,1H3,(H,29,33)(H,31,32)/t20-,26-/m0/s1. The Kier molecular flexibility index (Phi) is 5.73. The predicted octanol–water partition coefficient (Wildman–Crippen LogP) is 4.00. The Balaban J connectivity index is 1.38. The second-order valence-electron chi connectivity index (χ2n) is 9.08. The molecule has 2 N–H and O–H groups in total. The van der Waals surface area contributed by atoms with Crippen molar-refractivity contribution in [3.63, 3.8) is 0 Å². The molecule has 1 amide bonds. The van der Waals surface area contributed by atoms with Gasteiger partial charge in [0, 0.05) is 41.5 Å². The van der Waals surface area contributed by atoms with E-state index in [9.17, 15) is 14.9 Å². The maximum Gasteiger partial charge on any atom is 0.303 e. The van der Waals surface area contributed by atoms with Crippen molar-refractivity contribution in [3.05, 3.63) is 59.0 Å². The van der Waals surface area contributed by atoms with Gasteiger partial charge in [-0.2, -0.15) is 10.2 Å². The highest BCUT2D eigenvalue weighted by Gasteiger charge is 2.61. The average Bonchev–Trinajstić information content (AvgIpc) is 3.40. The van der Waals surface area contributed by atoms with Crippen molar-refractivity contribution in [1.29, 1.82) is 5.26 Å². The Bertz CT molecular complexity index is 1360. The highest BCUT2D eigenvalue weighted by Crippen LogP contribution is 2.61. The van der Waals surface area contributed by atoms with Crippen molar-refractivity contribution in [2.75, 3.05) is 11.9 Å². The number of carboxylic acid groups (broad SMARTS) is 1. The quantitative estimate of drug-likeness (QED) is 0.526. The fourth-order valence-corrected chi connectivity index (χ4v) is 4.93. The third kappa shape index (κ3) is 4.35. The number of hydrogen-bond donors (Lipinski definition) is 2. The van der Waals surface area contributed by atoms with Crippen LogP contribution in [0, 0.1) is 24.2 Å². The van der Waals surface area contributed by atoms with Gasteiger partial charge in [-0.15, -0.1) is 0 Å². The first-order valence-electron chi connectivity index (χ1n) is 11.5. The number of aryl methyl sites for hydroxylation is 2. The molecule has 2 atom stereocenters. The third-order valence-corrected chi connectivity index (χ3v) is 6.83. The van der Waals surface area contributed by atoms with E-state index < -0.39 is 5.97 Å². The molecule has 1 aliphatic heterocycles. The molecule has 1 aliphatic carbocycles. The number of hydrogen-bond acceptors (Lipinski definition) is 7. The third-order valence-electron chi connectivity index (χ3n) is 6.83. The number of carbonyl (C=O) groups excluding carboxylic acids is 1. The number of anilines is 1. The first-order valence-corrected chi connectivity index (χ1v) is 11.5. The number of nitrogens with zero attached hydrogens (tertiary/aromatic N) is 3. The number of amides is 1. The number of aromatic nitrogens is 2. The van der Waals surface area contributed by atoms with Crippen molar-refractivity contribution < 1.29 is 24.0 Å². The highest BCUT2D eigenvalue weighted by atomic mass is 16.5. The van der Waals surface area contributed by atoms with E-state index in [1.54, 1.807) is 25.1 Å². The highest BCUT2D eigenvalue weighted by molar-refractivity contribution is 5.97. The predicted molar refractivity (Wildman–Crippen MR) is 125 cm³/mol. The molecule has 0 saturated heterocycles. The van der Waals surface area contributed by atoms with E-state index in [0.717, 1.165) is 28.9 Å². The van der Waals surface area contributed by atoms with E-state index in [4.69, 9.17) is 14.4 Å². The normalized spacial score (nSPS) is 19.9. The summed E-state index contributed by atoms with van der Waals surface area (Å²) in [7, 11) is 0. The van der Waals surface area contributed by atoms with Gasteiger partial charge in [0.15, 0.2) is 0 Å². The van der Waals surface area contributed by atoms with Crippen LogP contribution in [0.4, 0.5) is 5.69 Å². The summed E-state index contributed by atoms with van der Waals surface area (Å²) in [4.78, 5) is 28.6. The van der Waals surface area contributed by atoms with Crippen molar-refractivity contribution in [2.45, 2.75) is 44.4 Å². The molecule has 1 fully saturated rings. The summed E-state index contributed by atoms with van der Waals surface area (Å²) in [6.07, 6.45) is 2.39. The number of carbonyl (C=O) groups is 2. The molecule has 5 rings (SSSR count). The van der Waals surface area contributed by atoms with Gasteiger partial charge in [0.05, 0.1) is 18.2 Å². The van der Waals surface area contributed by atoms with E-state index in [-0.39, 0.29) is 23.7 Å². The smallest absolute Gasteiger partial charge is 0.303 e. The fourth-order valence-electron chi connectivity index (χ4n) is 4.93. The zero-order chi connectivity index (χ0) is 24.6. The van der Waals surface area contributed by atoms with Gasteiger partial charge in [-0.25, -0.2) is 0 Å². The molecule has 1 spiro atoms. The second kappa shape index (κ2) is 8.87. The molecule has 1 saturated carbocycles. The van der Waals surface area contributed by atoms with Crippen LogP contribution in [-0.2, 0) is 21.4 Å². The minimum atomic E-state index is -0.863. The van der Waals surface area contributed by atoms with E-state index in [2.05, 4.69) is 21.5 Å². The van der Waals surface area contributed by atoms with Gasteiger partial charge >= 0.3 is 5.97 Å². The van der Waals surface area contributed by atoms with Crippen molar-refractivity contribution in [2.24, 2.45) is 5.92 Å². The Morgan fingerprint density at radius 3 is 2.89 bits per heavy atom. The molecule has 0 bridgehead atoms. The lowest BCUT2D eigenvalue weighted by atomic mass is 9.86. The zero-order valence-corrected chi connectivity index (χ0v) is 19.2. The molecule has 3 aromatic rings. The molecule has 35 heavy (non-hydrogen) atoms. The Labute approximate surface area is 201 Å². The van der Waals surface area contributed by atoms with Crippen LogP contribution < -0.4 is 10.1 Å². The first kappa shape index (κ1) is 22.6. The van der Waals surface area contributed by atoms with Crippen LogP contribution in [-0.4, -0.2) is 33.7 Å². The molecular weight excluding hydrogens is 448 g/mol. The van der Waals surface area contributed by atoms with Crippen LogP contribution in [0.5, 0.6) is 5.75 Å². The maximum absolute atomic E-state index is 13.4. The lowest BCUT2D eigenvalue weighted by Crippen LogP contribution is -2.27. The van der Waals surface area contributed by atoms with Crippen LogP contribution in [0.2, 0.25) is 0 Å². The summed E-state index contributed by atoms with van der Waals surface area (Å²) in [6, 6.07) is 13.0. The van der Waals surface area contributed by atoms with Crippen molar-refractivity contribution in [3.8, 4) is 23.2 Å². The lowest BCUT2D eigenvalue weighted by molar-refractivity contribution is -0.137. The number of aliphatic carboxylic acids is 1. The Morgan fingerprint density at radius 2 is 2.14 bits per heavy atom. The Hall–Kier alpha value is -4.19. The number of ether oxygens (including phenoxy) is 1. The lowest BCUT2D eigenvalue weighted by Gasteiger charge is -2.27. The minimum Gasteiger partial charge on any atom is -0.493 e. The summed E-state index contributed by atoms with van der Waals surface area (Å²) in [6.45, 7) is 2.26. The molecule has 178 valence electrons. The van der Waals surface area contributed by atoms with Gasteiger partial charge in [-0.05, 0) is 61.6 Å². The zero-order valence-electron chi connectivity index (χ0n) is 19.2. The van der Waals surface area contributed by atoms with Crippen LogP contribution in [0.15, 0.2) is 40.9 Å².